The molecule has 17 heavy (non-hydrogen) atoms. The van der Waals surface area contributed by atoms with Gasteiger partial charge < -0.3 is 14.9 Å². The van der Waals surface area contributed by atoms with Crippen LogP contribution in [0.5, 0.6) is 0 Å². The van der Waals surface area contributed by atoms with E-state index < -0.39 is 0 Å². The summed E-state index contributed by atoms with van der Waals surface area (Å²) < 4.78 is 0. The molecule has 3 aliphatic rings. The minimum Gasteiger partial charge on any atom is -0.392 e. The van der Waals surface area contributed by atoms with Crippen LogP contribution in [0.1, 0.15) is 19.3 Å². The lowest BCUT2D eigenvalue weighted by Gasteiger charge is -2.37. The summed E-state index contributed by atoms with van der Waals surface area (Å²) in [7, 11) is 2.20. The predicted molar refractivity (Wildman–Crippen MR) is 71.5 cm³/mol. The lowest BCUT2D eigenvalue weighted by Crippen LogP contribution is -2.48. The first-order valence-electron chi connectivity index (χ1n) is 6.83. The van der Waals surface area contributed by atoms with Crippen LogP contribution in [0.15, 0.2) is 0 Å². The van der Waals surface area contributed by atoms with E-state index in [0.29, 0.717) is 11.8 Å². The molecule has 1 heterocycles. The zero-order chi connectivity index (χ0) is 11.1. The lowest BCUT2D eigenvalue weighted by atomic mass is 9.86. The standard InChI is InChI=1S/C13H24N2O.ClH/c1-14-4-6-15(7-5-14)9-12-10-2-3-11(8-10)13(12)16;/h10-13,16H,2-9H2,1H3;1H. The van der Waals surface area contributed by atoms with Crippen LogP contribution in [-0.4, -0.2) is 60.8 Å². The fraction of sp³-hybridized carbons (Fsp3) is 1.00. The SMILES string of the molecule is CN1CCN(CC2C3CCC(C3)C2O)CC1.Cl. The molecule has 0 aromatic heterocycles. The minimum atomic E-state index is 0. The molecule has 0 aromatic carbocycles. The Labute approximate surface area is 111 Å². The van der Waals surface area contributed by atoms with Crippen molar-refractivity contribution in [3.8, 4) is 0 Å². The largest absolute Gasteiger partial charge is 0.392 e. The Morgan fingerprint density at radius 2 is 1.71 bits per heavy atom. The number of hydrogen-bond acceptors (Lipinski definition) is 3. The molecule has 2 bridgehead atoms. The topological polar surface area (TPSA) is 26.7 Å². The molecule has 4 heteroatoms. The number of aliphatic hydroxyl groups is 1. The van der Waals surface area contributed by atoms with Gasteiger partial charge in [-0.2, -0.15) is 0 Å². The van der Waals surface area contributed by atoms with Crippen LogP contribution in [0, 0.1) is 17.8 Å². The summed E-state index contributed by atoms with van der Waals surface area (Å²) >= 11 is 0. The smallest absolute Gasteiger partial charge is 0.0611 e. The van der Waals surface area contributed by atoms with Gasteiger partial charge in [-0.3, -0.25) is 0 Å². The third-order valence-electron chi connectivity index (χ3n) is 5.11. The fourth-order valence-corrected chi connectivity index (χ4v) is 3.97. The average Bonchev–Trinajstić information content (AvgIpc) is 2.85. The van der Waals surface area contributed by atoms with Crippen LogP contribution >= 0.6 is 12.4 Å². The molecule has 0 spiro atoms. The number of piperazine rings is 1. The molecule has 1 aliphatic heterocycles. The third-order valence-corrected chi connectivity index (χ3v) is 5.11. The Morgan fingerprint density at radius 3 is 2.29 bits per heavy atom. The molecule has 2 aliphatic carbocycles. The molecule has 4 unspecified atom stereocenters. The first-order chi connectivity index (χ1) is 7.74. The van der Waals surface area contributed by atoms with Gasteiger partial charge in [-0.05, 0) is 38.1 Å². The molecular weight excluding hydrogens is 236 g/mol. The molecule has 0 amide bonds. The minimum absolute atomic E-state index is 0. The van der Waals surface area contributed by atoms with E-state index >= 15 is 0 Å². The molecule has 3 fully saturated rings. The van der Waals surface area contributed by atoms with Gasteiger partial charge in [0, 0.05) is 38.6 Å². The van der Waals surface area contributed by atoms with Gasteiger partial charge in [0.05, 0.1) is 6.10 Å². The van der Waals surface area contributed by atoms with Crippen molar-refractivity contribution in [1.29, 1.82) is 0 Å². The Morgan fingerprint density at radius 1 is 1.06 bits per heavy atom. The Hall–Kier alpha value is 0.170. The number of likely N-dealkylation sites (N-methyl/N-ethyl adjacent to an activating group) is 1. The van der Waals surface area contributed by atoms with Crippen LogP contribution in [0.25, 0.3) is 0 Å². The van der Waals surface area contributed by atoms with Gasteiger partial charge in [0.25, 0.3) is 0 Å². The highest BCUT2D eigenvalue weighted by Crippen LogP contribution is 2.48. The maximum absolute atomic E-state index is 10.2. The van der Waals surface area contributed by atoms with E-state index in [1.807, 2.05) is 0 Å². The highest BCUT2D eigenvalue weighted by atomic mass is 35.5. The summed E-state index contributed by atoms with van der Waals surface area (Å²) in [6.45, 7) is 5.91. The molecule has 0 aromatic rings. The second kappa shape index (κ2) is 5.43. The number of halogens is 1. The number of hydrogen-bond donors (Lipinski definition) is 1. The Kier molecular flexibility index (Phi) is 4.35. The number of nitrogens with zero attached hydrogens (tertiary/aromatic N) is 2. The zero-order valence-corrected chi connectivity index (χ0v) is 11.5. The van der Waals surface area contributed by atoms with Gasteiger partial charge in [0.1, 0.15) is 0 Å². The van der Waals surface area contributed by atoms with E-state index in [9.17, 15) is 5.11 Å². The molecule has 1 saturated heterocycles. The van der Waals surface area contributed by atoms with Gasteiger partial charge in [0.15, 0.2) is 0 Å². The normalized spacial score (nSPS) is 42.7. The Balaban J connectivity index is 0.00000108. The van der Waals surface area contributed by atoms with Crippen LogP contribution in [0.3, 0.4) is 0 Å². The van der Waals surface area contributed by atoms with Crippen molar-refractivity contribution < 1.29 is 5.11 Å². The van der Waals surface area contributed by atoms with Gasteiger partial charge >= 0.3 is 0 Å². The van der Waals surface area contributed by atoms with Crippen molar-refractivity contribution in [3.63, 3.8) is 0 Å². The molecule has 100 valence electrons. The molecule has 4 atom stereocenters. The molecule has 3 rings (SSSR count). The second-order valence-electron chi connectivity index (χ2n) is 6.09. The average molecular weight is 261 g/mol. The van der Waals surface area contributed by atoms with Crippen LogP contribution in [-0.2, 0) is 0 Å². The fourth-order valence-electron chi connectivity index (χ4n) is 3.97. The summed E-state index contributed by atoms with van der Waals surface area (Å²) in [5.41, 5.74) is 0. The first-order valence-corrected chi connectivity index (χ1v) is 6.83. The second-order valence-corrected chi connectivity index (χ2v) is 6.09. The summed E-state index contributed by atoms with van der Waals surface area (Å²) in [4.78, 5) is 4.96. The lowest BCUT2D eigenvalue weighted by molar-refractivity contribution is 0.0282. The monoisotopic (exact) mass is 260 g/mol. The number of rotatable bonds is 2. The first kappa shape index (κ1) is 13.6. The van der Waals surface area contributed by atoms with Crippen molar-refractivity contribution in [2.45, 2.75) is 25.4 Å². The zero-order valence-electron chi connectivity index (χ0n) is 10.7. The highest BCUT2D eigenvalue weighted by Gasteiger charge is 2.47. The molecule has 2 saturated carbocycles. The maximum Gasteiger partial charge on any atom is 0.0611 e. The van der Waals surface area contributed by atoms with Crippen molar-refractivity contribution in [3.05, 3.63) is 0 Å². The van der Waals surface area contributed by atoms with E-state index in [0.717, 1.165) is 12.5 Å². The highest BCUT2D eigenvalue weighted by molar-refractivity contribution is 5.85. The van der Waals surface area contributed by atoms with Crippen molar-refractivity contribution in [2.24, 2.45) is 17.8 Å². The maximum atomic E-state index is 10.2. The molecule has 1 N–H and O–H groups in total. The van der Waals surface area contributed by atoms with Crippen molar-refractivity contribution in [1.82, 2.24) is 9.80 Å². The van der Waals surface area contributed by atoms with Crippen molar-refractivity contribution in [2.75, 3.05) is 39.8 Å². The molecule has 3 nitrogen and oxygen atoms in total. The van der Waals surface area contributed by atoms with E-state index in [2.05, 4.69) is 16.8 Å². The Bertz CT molecular complexity index is 254. The summed E-state index contributed by atoms with van der Waals surface area (Å²) in [5.74, 6) is 2.06. The van der Waals surface area contributed by atoms with Crippen molar-refractivity contribution >= 4 is 12.4 Å². The van der Waals surface area contributed by atoms with Crippen LogP contribution in [0.4, 0.5) is 0 Å². The van der Waals surface area contributed by atoms with Crippen LogP contribution in [0.2, 0.25) is 0 Å². The summed E-state index contributed by atoms with van der Waals surface area (Å²) in [6, 6.07) is 0. The number of aliphatic hydroxyl groups excluding tert-OH is 1. The quantitative estimate of drug-likeness (QED) is 0.805. The van der Waals surface area contributed by atoms with E-state index in [1.165, 1.54) is 45.4 Å². The van der Waals surface area contributed by atoms with Gasteiger partial charge in [-0.15, -0.1) is 12.4 Å². The summed E-state index contributed by atoms with van der Waals surface area (Å²) in [6.07, 6.45) is 3.98. The third kappa shape index (κ3) is 2.62. The summed E-state index contributed by atoms with van der Waals surface area (Å²) in [5, 5.41) is 10.2. The van der Waals surface area contributed by atoms with Gasteiger partial charge in [-0.25, -0.2) is 0 Å². The molecular formula is C13H25ClN2O. The predicted octanol–water partition coefficient (Wildman–Crippen LogP) is 1.06. The van der Waals surface area contributed by atoms with Gasteiger partial charge in [-0.1, -0.05) is 0 Å². The van der Waals surface area contributed by atoms with E-state index in [4.69, 9.17) is 0 Å². The molecule has 0 radical (unpaired) electrons. The van der Waals surface area contributed by atoms with Crippen LogP contribution < -0.4 is 0 Å². The van der Waals surface area contributed by atoms with E-state index in [1.54, 1.807) is 0 Å². The van der Waals surface area contributed by atoms with E-state index in [-0.39, 0.29) is 18.5 Å². The van der Waals surface area contributed by atoms with Gasteiger partial charge in [0.2, 0.25) is 0 Å². The number of fused-ring (bicyclic) bond motifs is 2.